The number of nitrogens with zero attached hydrogens (tertiary/aromatic N) is 2. The second-order valence-electron chi connectivity index (χ2n) is 6.54. The second kappa shape index (κ2) is 8.11. The maximum Gasteiger partial charge on any atom is 0.329 e. The molecule has 30 heavy (non-hydrogen) atoms. The molecule has 3 amide bonds. The molecule has 2 atom stereocenters. The number of para-hydroxylation sites is 2. The Bertz CT molecular complexity index is 1030. The van der Waals surface area contributed by atoms with E-state index >= 15 is 0 Å². The number of hydrogen-bond donors (Lipinski definition) is 1. The number of nitro benzene ring substituents is 1. The predicted molar refractivity (Wildman–Crippen MR) is 104 cm³/mol. The molecule has 154 valence electrons. The minimum Gasteiger partial charge on any atom is -0.451 e. The van der Waals surface area contributed by atoms with E-state index in [9.17, 15) is 29.3 Å². The van der Waals surface area contributed by atoms with Crippen molar-refractivity contribution in [3.63, 3.8) is 0 Å². The van der Waals surface area contributed by atoms with E-state index in [0.717, 1.165) is 4.90 Å². The van der Waals surface area contributed by atoms with Crippen molar-refractivity contribution in [1.29, 1.82) is 0 Å². The summed E-state index contributed by atoms with van der Waals surface area (Å²) in [6.07, 6.45) is -1.32. The number of amides is 3. The van der Waals surface area contributed by atoms with E-state index in [-0.39, 0.29) is 22.5 Å². The van der Waals surface area contributed by atoms with Gasteiger partial charge in [-0.15, -0.1) is 0 Å². The second-order valence-corrected chi connectivity index (χ2v) is 6.54. The minimum absolute atomic E-state index is 0.0520. The van der Waals surface area contributed by atoms with Crippen LogP contribution in [-0.2, 0) is 14.3 Å². The van der Waals surface area contributed by atoms with Crippen LogP contribution in [0.5, 0.6) is 0 Å². The molecular formula is C20H17N3O7. The molecule has 3 rings (SSSR count). The summed E-state index contributed by atoms with van der Waals surface area (Å²) in [5.41, 5.74) is 0.00113. The number of carbonyl (C=O) groups excluding carboxylic acids is 4. The molecular weight excluding hydrogens is 394 g/mol. The van der Waals surface area contributed by atoms with Gasteiger partial charge in [0.05, 0.1) is 16.1 Å². The first-order chi connectivity index (χ1) is 14.2. The number of rotatable bonds is 6. The Morgan fingerprint density at radius 2 is 1.53 bits per heavy atom. The van der Waals surface area contributed by atoms with Crippen molar-refractivity contribution in [1.82, 2.24) is 4.90 Å². The van der Waals surface area contributed by atoms with E-state index in [4.69, 9.17) is 4.74 Å². The third-order valence-electron chi connectivity index (χ3n) is 4.57. The van der Waals surface area contributed by atoms with Crippen LogP contribution in [0.15, 0.2) is 48.5 Å². The first kappa shape index (κ1) is 20.6. The molecule has 1 aliphatic rings. The lowest BCUT2D eigenvalue weighted by Crippen LogP contribution is -2.45. The molecule has 0 unspecified atom stereocenters. The Hall–Kier alpha value is -4.08. The van der Waals surface area contributed by atoms with Crippen molar-refractivity contribution in [2.45, 2.75) is 26.0 Å². The maximum atomic E-state index is 12.5. The predicted octanol–water partition coefficient (Wildman–Crippen LogP) is 2.15. The van der Waals surface area contributed by atoms with Crippen molar-refractivity contribution in [2.24, 2.45) is 0 Å². The van der Waals surface area contributed by atoms with Crippen LogP contribution < -0.4 is 5.32 Å². The smallest absolute Gasteiger partial charge is 0.329 e. The summed E-state index contributed by atoms with van der Waals surface area (Å²) in [5, 5.41) is 13.4. The fourth-order valence-electron chi connectivity index (χ4n) is 2.96. The third kappa shape index (κ3) is 3.75. The summed E-state index contributed by atoms with van der Waals surface area (Å²) in [7, 11) is 0. The number of esters is 1. The van der Waals surface area contributed by atoms with Gasteiger partial charge in [0.1, 0.15) is 11.7 Å². The topological polar surface area (TPSA) is 136 Å². The zero-order valence-corrected chi connectivity index (χ0v) is 16.0. The van der Waals surface area contributed by atoms with Gasteiger partial charge >= 0.3 is 5.97 Å². The van der Waals surface area contributed by atoms with E-state index in [1.807, 2.05) is 0 Å². The molecule has 0 fully saturated rings. The highest BCUT2D eigenvalue weighted by atomic mass is 16.6. The average Bonchev–Trinajstić information content (AvgIpc) is 2.98. The molecule has 2 aromatic carbocycles. The van der Waals surface area contributed by atoms with Crippen LogP contribution >= 0.6 is 0 Å². The molecule has 1 N–H and O–H groups in total. The molecule has 1 aliphatic heterocycles. The SMILES string of the molecule is C[C@H](C(=O)O[C@H](C)C(=O)Nc1ccccc1[N+](=O)[O-])N1C(=O)c2ccccc2C1=O. The number of hydrogen-bond acceptors (Lipinski definition) is 7. The van der Waals surface area contributed by atoms with E-state index in [0.29, 0.717) is 0 Å². The quantitative estimate of drug-likeness (QED) is 0.333. The van der Waals surface area contributed by atoms with Gasteiger partial charge in [-0.05, 0) is 32.0 Å². The lowest BCUT2D eigenvalue weighted by atomic mass is 10.1. The van der Waals surface area contributed by atoms with Gasteiger partial charge in [0.15, 0.2) is 6.10 Å². The van der Waals surface area contributed by atoms with Gasteiger partial charge in [-0.25, -0.2) is 4.79 Å². The van der Waals surface area contributed by atoms with Gasteiger partial charge in [0.2, 0.25) is 0 Å². The highest BCUT2D eigenvalue weighted by Crippen LogP contribution is 2.26. The Balaban J connectivity index is 1.67. The highest BCUT2D eigenvalue weighted by Gasteiger charge is 2.41. The lowest BCUT2D eigenvalue weighted by Gasteiger charge is -2.22. The molecule has 0 aliphatic carbocycles. The maximum absolute atomic E-state index is 12.5. The van der Waals surface area contributed by atoms with Gasteiger partial charge in [0.25, 0.3) is 23.4 Å². The summed E-state index contributed by atoms with van der Waals surface area (Å²) < 4.78 is 5.09. The number of nitro groups is 1. The number of nitrogens with one attached hydrogen (secondary N) is 1. The fraction of sp³-hybridized carbons (Fsp3) is 0.200. The zero-order valence-electron chi connectivity index (χ0n) is 16.0. The first-order valence-corrected chi connectivity index (χ1v) is 8.94. The Kier molecular flexibility index (Phi) is 5.58. The summed E-state index contributed by atoms with van der Waals surface area (Å²) in [5.74, 6) is -3.02. The van der Waals surface area contributed by atoms with Crippen LogP contribution in [0.1, 0.15) is 34.6 Å². The van der Waals surface area contributed by atoms with E-state index in [1.54, 1.807) is 12.1 Å². The first-order valence-electron chi connectivity index (χ1n) is 8.94. The lowest BCUT2D eigenvalue weighted by molar-refractivity contribution is -0.383. The van der Waals surface area contributed by atoms with Crippen molar-refractivity contribution in [3.8, 4) is 0 Å². The normalized spacial score (nSPS) is 14.7. The van der Waals surface area contributed by atoms with Crippen LogP contribution in [0.2, 0.25) is 0 Å². The van der Waals surface area contributed by atoms with E-state index in [1.165, 1.54) is 50.2 Å². The average molecular weight is 411 g/mol. The molecule has 0 radical (unpaired) electrons. The van der Waals surface area contributed by atoms with E-state index in [2.05, 4.69) is 5.32 Å². The van der Waals surface area contributed by atoms with Crippen LogP contribution in [0.25, 0.3) is 0 Å². The van der Waals surface area contributed by atoms with Crippen LogP contribution in [-0.4, -0.2) is 45.7 Å². The molecule has 0 saturated heterocycles. The number of ether oxygens (including phenoxy) is 1. The van der Waals surface area contributed by atoms with Gasteiger partial charge < -0.3 is 10.1 Å². The molecule has 10 nitrogen and oxygen atoms in total. The standard InChI is InChI=1S/C20H17N3O7/c1-11(22-18(25)13-7-3-4-8-14(13)19(22)26)20(27)30-12(2)17(24)21-15-9-5-6-10-16(15)23(28)29/h3-12H,1-2H3,(H,21,24)/t11-,12-/m1/s1. The number of carbonyl (C=O) groups is 4. The van der Waals surface area contributed by atoms with Crippen molar-refractivity contribution in [2.75, 3.05) is 5.32 Å². The molecule has 2 aromatic rings. The number of anilines is 1. The number of imide groups is 1. The molecule has 0 saturated carbocycles. The van der Waals surface area contributed by atoms with Crippen LogP contribution in [0.4, 0.5) is 11.4 Å². The summed E-state index contributed by atoms with van der Waals surface area (Å²) in [6.45, 7) is 2.59. The molecule has 0 spiro atoms. The molecule has 0 bridgehead atoms. The summed E-state index contributed by atoms with van der Waals surface area (Å²) >= 11 is 0. The van der Waals surface area contributed by atoms with Crippen LogP contribution in [0, 0.1) is 10.1 Å². The Morgan fingerprint density at radius 3 is 2.10 bits per heavy atom. The number of fused-ring (bicyclic) bond motifs is 1. The number of benzene rings is 2. The zero-order chi connectivity index (χ0) is 22.0. The summed E-state index contributed by atoms with van der Waals surface area (Å²) in [6, 6.07) is 10.4. The Labute approximate surface area is 170 Å². The van der Waals surface area contributed by atoms with E-state index < -0.39 is 40.8 Å². The highest BCUT2D eigenvalue weighted by molar-refractivity contribution is 6.22. The Morgan fingerprint density at radius 1 is 1.00 bits per heavy atom. The van der Waals surface area contributed by atoms with Gasteiger partial charge in [-0.2, -0.15) is 0 Å². The largest absolute Gasteiger partial charge is 0.451 e. The monoisotopic (exact) mass is 411 g/mol. The van der Waals surface area contributed by atoms with Crippen molar-refractivity contribution >= 4 is 35.1 Å². The van der Waals surface area contributed by atoms with Crippen molar-refractivity contribution in [3.05, 3.63) is 69.8 Å². The van der Waals surface area contributed by atoms with Gasteiger partial charge in [0, 0.05) is 6.07 Å². The summed E-state index contributed by atoms with van der Waals surface area (Å²) in [4.78, 5) is 60.9. The molecule has 1 heterocycles. The molecule has 10 heteroatoms. The van der Waals surface area contributed by atoms with Crippen molar-refractivity contribution < 1.29 is 28.8 Å². The molecule has 0 aromatic heterocycles. The minimum atomic E-state index is -1.32. The van der Waals surface area contributed by atoms with Gasteiger partial charge in [-0.3, -0.25) is 29.4 Å². The van der Waals surface area contributed by atoms with Crippen LogP contribution in [0.3, 0.4) is 0 Å². The van der Waals surface area contributed by atoms with Gasteiger partial charge in [-0.1, -0.05) is 24.3 Å². The fourth-order valence-corrected chi connectivity index (χ4v) is 2.96. The third-order valence-corrected chi connectivity index (χ3v) is 4.57.